The Morgan fingerprint density at radius 3 is 2.31 bits per heavy atom. The molecule has 4 aromatic rings. The molecule has 0 spiro atoms. The maximum atomic E-state index is 13.2. The quantitative estimate of drug-likeness (QED) is 0.333. The summed E-state index contributed by atoms with van der Waals surface area (Å²) >= 11 is 6.95. The first-order valence-electron chi connectivity index (χ1n) is 10.4. The summed E-state index contributed by atoms with van der Waals surface area (Å²) < 4.78 is 5.85. The molecule has 0 radical (unpaired) electrons. The molecule has 2 heterocycles. The van der Waals surface area contributed by atoms with Crippen LogP contribution in [-0.4, -0.2) is 11.0 Å². The van der Waals surface area contributed by atoms with Crippen LogP contribution in [0.2, 0.25) is 5.02 Å². The van der Waals surface area contributed by atoms with Crippen LogP contribution in [0.5, 0.6) is 0 Å². The molecule has 4 nitrogen and oxygen atoms in total. The lowest BCUT2D eigenvalue weighted by Gasteiger charge is -2.26. The highest BCUT2D eigenvalue weighted by Gasteiger charge is 2.43. The summed E-state index contributed by atoms with van der Waals surface area (Å²) in [6, 6.07) is 21.4. The van der Waals surface area contributed by atoms with Gasteiger partial charge >= 0.3 is 5.97 Å². The highest BCUT2D eigenvalue weighted by Crippen LogP contribution is 2.52. The summed E-state index contributed by atoms with van der Waals surface area (Å²) in [4.78, 5) is 16.6. The van der Waals surface area contributed by atoms with Gasteiger partial charge in [-0.15, -0.1) is 0 Å². The number of carbonyl (C=O) groups excluding carboxylic acids is 1. The number of aromatic amines is 1. The highest BCUT2D eigenvalue weighted by atomic mass is 35.5. The standard InChI is InChI=1S/C27H21ClN2O2/c1-27(2,3)25-22-21(26(31)32-25)20(17-11-9-15(14-29)10-12-17)18-13-19(30-24(18)23(22)28)16-7-5-4-6-8-16/h4-13,25,30H,1-3H3. The fourth-order valence-electron chi connectivity index (χ4n) is 4.42. The van der Waals surface area contributed by atoms with Crippen molar-refractivity contribution in [3.63, 3.8) is 0 Å². The number of esters is 1. The number of benzene rings is 3. The van der Waals surface area contributed by atoms with Crippen LogP contribution < -0.4 is 0 Å². The van der Waals surface area contributed by atoms with Crippen LogP contribution in [-0.2, 0) is 4.74 Å². The van der Waals surface area contributed by atoms with Crippen LogP contribution in [0.3, 0.4) is 0 Å². The van der Waals surface area contributed by atoms with Crippen LogP contribution in [0, 0.1) is 16.7 Å². The third-order valence-corrected chi connectivity index (χ3v) is 6.32. The predicted molar refractivity (Wildman–Crippen MR) is 127 cm³/mol. The lowest BCUT2D eigenvalue weighted by atomic mass is 9.82. The molecule has 1 unspecified atom stereocenters. The summed E-state index contributed by atoms with van der Waals surface area (Å²) in [6.45, 7) is 6.10. The van der Waals surface area contributed by atoms with Crippen molar-refractivity contribution < 1.29 is 9.53 Å². The lowest BCUT2D eigenvalue weighted by molar-refractivity contribution is 0.00785. The lowest BCUT2D eigenvalue weighted by Crippen LogP contribution is -2.18. The number of ether oxygens (including phenoxy) is 1. The number of fused-ring (bicyclic) bond motifs is 2. The van der Waals surface area contributed by atoms with Crippen molar-refractivity contribution in [2.24, 2.45) is 5.41 Å². The van der Waals surface area contributed by atoms with Gasteiger partial charge in [0.05, 0.1) is 27.7 Å². The Bertz CT molecular complexity index is 1410. The van der Waals surface area contributed by atoms with Crippen molar-refractivity contribution in [1.82, 2.24) is 4.98 Å². The number of hydrogen-bond acceptors (Lipinski definition) is 3. The number of halogens is 1. The van der Waals surface area contributed by atoms with E-state index in [0.29, 0.717) is 16.1 Å². The molecule has 1 aliphatic rings. The third-order valence-electron chi connectivity index (χ3n) is 5.93. The first-order valence-corrected chi connectivity index (χ1v) is 10.8. The van der Waals surface area contributed by atoms with E-state index in [1.807, 2.05) is 69.3 Å². The molecule has 32 heavy (non-hydrogen) atoms. The first kappa shape index (κ1) is 20.4. The third kappa shape index (κ3) is 3.09. The van der Waals surface area contributed by atoms with Crippen LogP contribution in [0.25, 0.3) is 33.3 Å². The van der Waals surface area contributed by atoms with Crippen molar-refractivity contribution in [3.8, 4) is 28.5 Å². The van der Waals surface area contributed by atoms with E-state index in [4.69, 9.17) is 16.3 Å². The zero-order chi connectivity index (χ0) is 22.6. The maximum absolute atomic E-state index is 13.2. The first-order chi connectivity index (χ1) is 15.3. The minimum absolute atomic E-state index is 0.324. The predicted octanol–water partition coefficient (Wildman–Crippen LogP) is 7.28. The van der Waals surface area contributed by atoms with Crippen molar-refractivity contribution in [1.29, 1.82) is 5.26 Å². The van der Waals surface area contributed by atoms with Crippen LogP contribution >= 0.6 is 11.6 Å². The van der Waals surface area contributed by atoms with E-state index in [0.717, 1.165) is 38.9 Å². The second-order valence-corrected chi connectivity index (χ2v) is 9.53. The number of nitriles is 1. The van der Waals surface area contributed by atoms with Crippen molar-refractivity contribution in [2.75, 3.05) is 0 Å². The monoisotopic (exact) mass is 440 g/mol. The molecule has 0 amide bonds. The summed E-state index contributed by atoms with van der Waals surface area (Å²) in [5.41, 5.74) is 5.80. The van der Waals surface area contributed by atoms with Crippen LogP contribution in [0.4, 0.5) is 0 Å². The average molecular weight is 441 g/mol. The second kappa shape index (κ2) is 7.25. The Morgan fingerprint density at radius 1 is 1.00 bits per heavy atom. The molecule has 0 aliphatic carbocycles. The SMILES string of the molecule is CC(C)(C)C1OC(=O)c2c1c(Cl)c1[nH]c(-c3ccccc3)cc1c2-c1ccc(C#N)cc1. The van der Waals surface area contributed by atoms with E-state index in [2.05, 4.69) is 11.1 Å². The van der Waals surface area contributed by atoms with Gasteiger partial charge in [0.15, 0.2) is 0 Å². The number of rotatable bonds is 2. The minimum atomic E-state index is -0.456. The van der Waals surface area contributed by atoms with Gasteiger partial charge in [-0.2, -0.15) is 5.26 Å². The molecule has 158 valence electrons. The summed E-state index contributed by atoms with van der Waals surface area (Å²) in [6.07, 6.45) is -0.456. The number of carbonyl (C=O) groups is 1. The molecule has 0 fully saturated rings. The van der Waals surface area contributed by atoms with Crippen molar-refractivity contribution in [3.05, 3.63) is 82.4 Å². The number of H-pyrrole nitrogens is 1. The number of hydrogen-bond donors (Lipinski definition) is 1. The van der Waals surface area contributed by atoms with Crippen molar-refractivity contribution in [2.45, 2.75) is 26.9 Å². The summed E-state index contributed by atoms with van der Waals surface area (Å²) in [5, 5.41) is 10.6. The Kier molecular flexibility index (Phi) is 4.62. The van der Waals surface area contributed by atoms with E-state index in [1.54, 1.807) is 12.1 Å². The fourth-order valence-corrected chi connectivity index (χ4v) is 4.76. The topological polar surface area (TPSA) is 65.9 Å². The zero-order valence-corrected chi connectivity index (χ0v) is 18.7. The maximum Gasteiger partial charge on any atom is 0.339 e. The van der Waals surface area contributed by atoms with Gasteiger partial charge in [-0.05, 0) is 29.3 Å². The van der Waals surface area contributed by atoms with Gasteiger partial charge in [0.2, 0.25) is 0 Å². The summed E-state index contributed by atoms with van der Waals surface area (Å²) in [5.74, 6) is -0.370. The van der Waals surface area contributed by atoms with Crippen LogP contribution in [0.1, 0.15) is 48.4 Å². The van der Waals surface area contributed by atoms with Gasteiger partial charge in [-0.25, -0.2) is 4.79 Å². The molecule has 1 aromatic heterocycles. The highest BCUT2D eigenvalue weighted by molar-refractivity contribution is 6.38. The molecule has 1 N–H and O–H groups in total. The van der Waals surface area contributed by atoms with Crippen LogP contribution in [0.15, 0.2) is 60.7 Å². The number of aromatic nitrogens is 1. The molecule has 5 heteroatoms. The Labute approximate surface area is 191 Å². The minimum Gasteiger partial charge on any atom is -0.453 e. The molecule has 1 atom stereocenters. The molecule has 1 aliphatic heterocycles. The molecule has 0 bridgehead atoms. The van der Waals surface area contributed by atoms with E-state index < -0.39 is 6.10 Å². The number of nitrogens with one attached hydrogen (secondary N) is 1. The van der Waals surface area contributed by atoms with E-state index in [9.17, 15) is 10.1 Å². The molecule has 5 rings (SSSR count). The Hall–Kier alpha value is -3.55. The van der Waals surface area contributed by atoms with Gasteiger partial charge in [0.25, 0.3) is 0 Å². The van der Waals surface area contributed by atoms with E-state index >= 15 is 0 Å². The Morgan fingerprint density at radius 2 is 1.69 bits per heavy atom. The van der Waals surface area contributed by atoms with Gasteiger partial charge in [-0.3, -0.25) is 0 Å². The molecule has 3 aromatic carbocycles. The summed E-state index contributed by atoms with van der Waals surface area (Å²) in [7, 11) is 0. The van der Waals surface area contributed by atoms with Gasteiger partial charge in [0.1, 0.15) is 6.10 Å². The molecular weight excluding hydrogens is 420 g/mol. The molecule has 0 saturated carbocycles. The van der Waals surface area contributed by atoms with E-state index in [1.165, 1.54) is 0 Å². The second-order valence-electron chi connectivity index (χ2n) is 9.16. The van der Waals surface area contributed by atoms with E-state index in [-0.39, 0.29) is 11.4 Å². The normalized spacial score (nSPS) is 15.5. The fraction of sp³-hybridized carbons (Fsp3) is 0.185. The van der Waals surface area contributed by atoms with Crippen molar-refractivity contribution >= 4 is 28.5 Å². The molecular formula is C27H21ClN2O2. The largest absolute Gasteiger partial charge is 0.453 e. The Balaban J connectivity index is 1.88. The molecule has 0 saturated heterocycles. The van der Waals surface area contributed by atoms with Gasteiger partial charge < -0.3 is 9.72 Å². The van der Waals surface area contributed by atoms with Gasteiger partial charge in [-0.1, -0.05) is 74.8 Å². The number of cyclic esters (lactones) is 1. The number of nitrogens with zero attached hydrogens (tertiary/aromatic N) is 1. The smallest absolute Gasteiger partial charge is 0.339 e. The average Bonchev–Trinajstić information content (AvgIpc) is 3.38. The van der Waals surface area contributed by atoms with Gasteiger partial charge in [0, 0.05) is 27.6 Å². The zero-order valence-electron chi connectivity index (χ0n) is 18.0.